The number of benzene rings is 1. The van der Waals surface area contributed by atoms with Crippen LogP contribution in [0.3, 0.4) is 0 Å². The first-order valence-corrected chi connectivity index (χ1v) is 9.79. The Balaban J connectivity index is 1.65. The van der Waals surface area contributed by atoms with E-state index in [1.165, 1.54) is 24.5 Å². The highest BCUT2D eigenvalue weighted by Crippen LogP contribution is 2.33. The Morgan fingerprint density at radius 3 is 2.97 bits per heavy atom. The molecule has 7 nitrogen and oxygen atoms in total. The van der Waals surface area contributed by atoms with Crippen molar-refractivity contribution in [3.63, 3.8) is 0 Å². The van der Waals surface area contributed by atoms with Gasteiger partial charge in [-0.2, -0.15) is 5.10 Å². The summed E-state index contributed by atoms with van der Waals surface area (Å²) in [4.78, 5) is 7.17. The molecule has 2 aromatic rings. The molecule has 1 aromatic heterocycles. The highest BCUT2D eigenvalue weighted by molar-refractivity contribution is 5.99. The number of hydrazone groups is 1. The van der Waals surface area contributed by atoms with Gasteiger partial charge in [-0.3, -0.25) is 5.32 Å². The Kier molecular flexibility index (Phi) is 6.05. The van der Waals surface area contributed by atoms with Gasteiger partial charge < -0.3 is 15.4 Å². The molecule has 2 unspecified atom stereocenters. The molecule has 4 N–H and O–H groups in total. The summed E-state index contributed by atoms with van der Waals surface area (Å²) in [5, 5.41) is 21.3. The minimum absolute atomic E-state index is 0.125. The summed E-state index contributed by atoms with van der Waals surface area (Å²) in [5.41, 5.74) is 2.08. The highest BCUT2D eigenvalue weighted by Gasteiger charge is 2.34. The van der Waals surface area contributed by atoms with Gasteiger partial charge in [-0.25, -0.2) is 23.2 Å². The number of alkyl halides is 2. The molecule has 2 aliphatic rings. The summed E-state index contributed by atoms with van der Waals surface area (Å²) in [6, 6.07) is 4.55. The lowest BCUT2D eigenvalue weighted by Crippen LogP contribution is -2.41. The SMILES string of the molecule is OCNCCCC(Cc1c[nH]c2ccc(F)cc12)C1=CC(C(F)F)=NC2NC=NN12. The van der Waals surface area contributed by atoms with Gasteiger partial charge >= 0.3 is 0 Å². The second-order valence-corrected chi connectivity index (χ2v) is 7.26. The van der Waals surface area contributed by atoms with E-state index in [2.05, 4.69) is 25.7 Å². The van der Waals surface area contributed by atoms with Crippen molar-refractivity contribution < 1.29 is 18.3 Å². The Bertz CT molecular complexity index is 986. The van der Waals surface area contributed by atoms with Crippen LogP contribution in [0.5, 0.6) is 0 Å². The van der Waals surface area contributed by atoms with E-state index in [-0.39, 0.29) is 24.2 Å². The van der Waals surface area contributed by atoms with Crippen LogP contribution in [0.25, 0.3) is 10.9 Å². The minimum atomic E-state index is -2.69. The van der Waals surface area contributed by atoms with Crippen LogP contribution in [0.15, 0.2) is 46.3 Å². The molecule has 30 heavy (non-hydrogen) atoms. The summed E-state index contributed by atoms with van der Waals surface area (Å²) in [6.45, 7) is 0.462. The fourth-order valence-corrected chi connectivity index (χ4v) is 3.91. The number of aromatic nitrogens is 1. The minimum Gasteiger partial charge on any atom is -0.381 e. The molecule has 0 spiro atoms. The number of nitrogens with one attached hydrogen (secondary N) is 3. The Hall–Kier alpha value is -2.85. The monoisotopic (exact) mass is 420 g/mol. The molecule has 10 heteroatoms. The van der Waals surface area contributed by atoms with E-state index in [0.717, 1.165) is 22.9 Å². The number of H-pyrrole nitrogens is 1. The van der Waals surface area contributed by atoms with Crippen molar-refractivity contribution in [3.8, 4) is 0 Å². The molecular formula is C20H23F3N6O. The Morgan fingerprint density at radius 1 is 1.30 bits per heavy atom. The summed E-state index contributed by atoms with van der Waals surface area (Å²) in [5.74, 6) is -0.485. The predicted molar refractivity (Wildman–Crippen MR) is 109 cm³/mol. The van der Waals surface area contributed by atoms with Gasteiger partial charge in [0.1, 0.15) is 17.9 Å². The van der Waals surface area contributed by atoms with Gasteiger partial charge in [0.25, 0.3) is 6.43 Å². The predicted octanol–water partition coefficient (Wildman–Crippen LogP) is 2.52. The third kappa shape index (κ3) is 4.19. The molecule has 160 valence electrons. The van der Waals surface area contributed by atoms with Crippen molar-refractivity contribution in [1.82, 2.24) is 20.6 Å². The maximum Gasteiger partial charge on any atom is 0.280 e. The third-order valence-electron chi connectivity index (χ3n) is 5.32. The standard InChI is InChI=1S/C20H23F3N6O/c21-14-3-4-16-15(7-14)13(9-25-16)6-12(2-1-5-24-11-30)18-8-17(19(22)23)28-20-26-10-27-29(18)20/h3-4,7-10,12,19-20,24-25,30H,1-2,5-6,11H2,(H,26,27). The normalized spacial score (nSPS) is 19.1. The molecule has 0 aliphatic carbocycles. The molecule has 0 saturated carbocycles. The first-order valence-electron chi connectivity index (χ1n) is 9.79. The lowest BCUT2D eigenvalue weighted by molar-refractivity contribution is 0.208. The van der Waals surface area contributed by atoms with Gasteiger partial charge in [-0.15, -0.1) is 0 Å². The van der Waals surface area contributed by atoms with Crippen LogP contribution in [0.1, 0.15) is 18.4 Å². The summed E-state index contributed by atoms with van der Waals surface area (Å²) in [6.07, 6.45) is 3.20. The van der Waals surface area contributed by atoms with E-state index in [1.54, 1.807) is 11.1 Å². The fourth-order valence-electron chi connectivity index (χ4n) is 3.91. The number of aliphatic hydroxyl groups excluding tert-OH is 1. The van der Waals surface area contributed by atoms with Crippen LogP contribution in [-0.2, 0) is 6.42 Å². The zero-order valence-corrected chi connectivity index (χ0v) is 16.2. The number of allylic oxidation sites excluding steroid dienone is 2. The topological polar surface area (TPSA) is 88.0 Å². The third-order valence-corrected chi connectivity index (χ3v) is 5.32. The molecule has 0 amide bonds. The van der Waals surface area contributed by atoms with Gasteiger partial charge in [0.15, 0.2) is 0 Å². The molecule has 2 atom stereocenters. The summed E-state index contributed by atoms with van der Waals surface area (Å²) < 4.78 is 40.7. The quantitative estimate of drug-likeness (QED) is 0.371. The average Bonchev–Trinajstić information content (AvgIpc) is 3.36. The van der Waals surface area contributed by atoms with E-state index >= 15 is 0 Å². The van der Waals surface area contributed by atoms with E-state index in [1.807, 2.05) is 6.20 Å². The molecule has 0 fully saturated rings. The zero-order valence-electron chi connectivity index (χ0n) is 16.2. The van der Waals surface area contributed by atoms with Gasteiger partial charge in [-0.1, -0.05) is 0 Å². The number of aromatic amines is 1. The number of rotatable bonds is 9. The number of hydrogen-bond donors (Lipinski definition) is 4. The maximum atomic E-state index is 13.8. The number of fused-ring (bicyclic) bond motifs is 2. The molecule has 0 radical (unpaired) electrons. The fraction of sp³-hybridized carbons (Fsp3) is 0.400. The van der Waals surface area contributed by atoms with E-state index in [0.29, 0.717) is 25.1 Å². The van der Waals surface area contributed by atoms with Crippen LogP contribution in [0, 0.1) is 11.7 Å². The Labute approximate surface area is 171 Å². The van der Waals surface area contributed by atoms with E-state index < -0.39 is 12.7 Å². The van der Waals surface area contributed by atoms with E-state index in [4.69, 9.17) is 5.11 Å². The number of aliphatic hydroxyl groups is 1. The van der Waals surface area contributed by atoms with Gasteiger partial charge in [0, 0.05) is 28.7 Å². The number of halogens is 3. The maximum absolute atomic E-state index is 13.8. The number of aliphatic imine (C=N–C) groups is 1. The molecule has 0 saturated heterocycles. The largest absolute Gasteiger partial charge is 0.381 e. The molecule has 2 aliphatic heterocycles. The zero-order chi connectivity index (χ0) is 21.1. The van der Waals surface area contributed by atoms with Gasteiger partial charge in [-0.05, 0) is 55.6 Å². The molecule has 3 heterocycles. The molecule has 4 rings (SSSR count). The van der Waals surface area contributed by atoms with Crippen LogP contribution >= 0.6 is 0 Å². The van der Waals surface area contributed by atoms with Crippen molar-refractivity contribution in [1.29, 1.82) is 0 Å². The first-order chi connectivity index (χ1) is 14.6. The highest BCUT2D eigenvalue weighted by atomic mass is 19.3. The van der Waals surface area contributed by atoms with Crippen LogP contribution in [0.4, 0.5) is 13.2 Å². The second-order valence-electron chi connectivity index (χ2n) is 7.26. The van der Waals surface area contributed by atoms with E-state index in [9.17, 15) is 13.2 Å². The number of hydrogen-bond acceptors (Lipinski definition) is 6. The smallest absolute Gasteiger partial charge is 0.280 e. The van der Waals surface area contributed by atoms with Crippen LogP contribution in [-0.4, -0.2) is 53.1 Å². The van der Waals surface area contributed by atoms with Gasteiger partial charge in [0.2, 0.25) is 6.29 Å². The number of nitrogens with zero attached hydrogens (tertiary/aromatic N) is 3. The van der Waals surface area contributed by atoms with Crippen molar-refractivity contribution in [2.45, 2.75) is 32.0 Å². The van der Waals surface area contributed by atoms with Crippen molar-refractivity contribution >= 4 is 23.0 Å². The first kappa shape index (κ1) is 20.4. The van der Waals surface area contributed by atoms with Crippen molar-refractivity contribution in [3.05, 3.63) is 47.5 Å². The second kappa shape index (κ2) is 8.88. The summed E-state index contributed by atoms with van der Waals surface area (Å²) in [7, 11) is 0. The van der Waals surface area contributed by atoms with Crippen molar-refractivity contribution in [2.24, 2.45) is 16.0 Å². The lowest BCUT2D eigenvalue weighted by atomic mass is 9.90. The van der Waals surface area contributed by atoms with Crippen LogP contribution in [0.2, 0.25) is 0 Å². The average molecular weight is 420 g/mol. The lowest BCUT2D eigenvalue weighted by Gasteiger charge is -2.32. The summed E-state index contributed by atoms with van der Waals surface area (Å²) >= 11 is 0. The van der Waals surface area contributed by atoms with Crippen molar-refractivity contribution in [2.75, 3.05) is 13.3 Å². The Morgan fingerprint density at radius 2 is 2.17 bits per heavy atom. The molecule has 1 aromatic carbocycles. The molecular weight excluding hydrogens is 397 g/mol. The van der Waals surface area contributed by atoms with Crippen LogP contribution < -0.4 is 10.6 Å². The molecule has 0 bridgehead atoms. The van der Waals surface area contributed by atoms with Gasteiger partial charge in [0.05, 0.1) is 6.73 Å².